The molecule has 0 spiro atoms. The van der Waals surface area contributed by atoms with Crippen LogP contribution in [0.15, 0.2) is 36.8 Å². The highest BCUT2D eigenvalue weighted by atomic mass is 16.6. The standard InChI is InChI=1S/C11H9N3O3/c1-17-10-4-8(5-12-7-10)11-3-2-9(6-13-11)14(15)16/h2-7H,1H3. The predicted octanol–water partition coefficient (Wildman–Crippen LogP) is 2.06. The third-order valence-electron chi connectivity index (χ3n) is 2.20. The van der Waals surface area contributed by atoms with Crippen LogP contribution in [0.3, 0.4) is 0 Å². The summed E-state index contributed by atoms with van der Waals surface area (Å²) in [6.07, 6.45) is 4.42. The number of methoxy groups -OCH3 is 1. The second kappa shape index (κ2) is 4.56. The maximum absolute atomic E-state index is 10.5. The van der Waals surface area contributed by atoms with E-state index >= 15 is 0 Å². The summed E-state index contributed by atoms with van der Waals surface area (Å²) >= 11 is 0. The first-order valence-corrected chi connectivity index (χ1v) is 4.80. The minimum absolute atomic E-state index is 0.0374. The molecule has 86 valence electrons. The molecular formula is C11H9N3O3. The lowest BCUT2D eigenvalue weighted by Crippen LogP contribution is -1.91. The fraction of sp³-hybridized carbons (Fsp3) is 0.0909. The van der Waals surface area contributed by atoms with Gasteiger partial charge in [0, 0.05) is 17.8 Å². The normalized spacial score (nSPS) is 9.94. The van der Waals surface area contributed by atoms with Crippen molar-refractivity contribution in [2.75, 3.05) is 7.11 Å². The van der Waals surface area contributed by atoms with Crippen molar-refractivity contribution < 1.29 is 9.66 Å². The fourth-order valence-electron chi connectivity index (χ4n) is 1.34. The van der Waals surface area contributed by atoms with Gasteiger partial charge < -0.3 is 4.74 Å². The summed E-state index contributed by atoms with van der Waals surface area (Å²) in [6, 6.07) is 4.75. The molecule has 2 aromatic heterocycles. The van der Waals surface area contributed by atoms with Gasteiger partial charge in [-0.15, -0.1) is 0 Å². The van der Waals surface area contributed by atoms with E-state index in [1.807, 2.05) is 0 Å². The topological polar surface area (TPSA) is 78.2 Å². The molecule has 0 fully saturated rings. The number of nitro groups is 1. The van der Waals surface area contributed by atoms with Gasteiger partial charge in [0.15, 0.2) is 0 Å². The molecule has 0 amide bonds. The molecule has 0 aliphatic carbocycles. The lowest BCUT2D eigenvalue weighted by atomic mass is 10.2. The van der Waals surface area contributed by atoms with Gasteiger partial charge in [0.1, 0.15) is 11.9 Å². The van der Waals surface area contributed by atoms with Gasteiger partial charge >= 0.3 is 0 Å². The lowest BCUT2D eigenvalue weighted by Gasteiger charge is -2.02. The Morgan fingerprint density at radius 2 is 2.12 bits per heavy atom. The predicted molar refractivity (Wildman–Crippen MR) is 60.7 cm³/mol. The highest BCUT2D eigenvalue weighted by molar-refractivity contribution is 5.60. The molecule has 0 aromatic carbocycles. The van der Waals surface area contributed by atoms with E-state index in [4.69, 9.17) is 4.74 Å². The molecule has 0 atom stereocenters. The van der Waals surface area contributed by atoms with Crippen LogP contribution in [-0.2, 0) is 0 Å². The molecule has 2 rings (SSSR count). The Morgan fingerprint density at radius 3 is 2.71 bits per heavy atom. The highest BCUT2D eigenvalue weighted by Crippen LogP contribution is 2.21. The zero-order valence-corrected chi connectivity index (χ0v) is 9.03. The minimum atomic E-state index is -0.486. The molecule has 6 nitrogen and oxygen atoms in total. The van der Waals surface area contributed by atoms with Gasteiger partial charge in [-0.2, -0.15) is 0 Å². The van der Waals surface area contributed by atoms with Gasteiger partial charge in [-0.3, -0.25) is 15.1 Å². The van der Waals surface area contributed by atoms with E-state index in [1.54, 1.807) is 31.6 Å². The molecule has 0 bridgehead atoms. The Hall–Kier alpha value is -2.50. The van der Waals surface area contributed by atoms with Crippen molar-refractivity contribution in [2.45, 2.75) is 0 Å². The molecule has 2 heterocycles. The van der Waals surface area contributed by atoms with E-state index in [-0.39, 0.29) is 5.69 Å². The number of pyridine rings is 2. The van der Waals surface area contributed by atoms with Crippen LogP contribution in [0, 0.1) is 10.1 Å². The number of ether oxygens (including phenoxy) is 1. The van der Waals surface area contributed by atoms with Crippen LogP contribution in [0.25, 0.3) is 11.3 Å². The van der Waals surface area contributed by atoms with Gasteiger partial charge in [-0.25, -0.2) is 4.98 Å². The molecule has 0 N–H and O–H groups in total. The first-order valence-electron chi connectivity index (χ1n) is 4.80. The van der Waals surface area contributed by atoms with Crippen molar-refractivity contribution in [1.82, 2.24) is 9.97 Å². The number of hydrogen-bond donors (Lipinski definition) is 0. The molecular weight excluding hydrogens is 222 g/mol. The Kier molecular flexibility index (Phi) is 2.95. The van der Waals surface area contributed by atoms with Crippen molar-refractivity contribution in [1.29, 1.82) is 0 Å². The van der Waals surface area contributed by atoms with E-state index in [2.05, 4.69) is 9.97 Å². The second-order valence-corrected chi connectivity index (χ2v) is 3.27. The summed E-state index contributed by atoms with van der Waals surface area (Å²) < 4.78 is 5.04. The maximum Gasteiger partial charge on any atom is 0.287 e. The Bertz CT molecular complexity index is 540. The molecule has 2 aromatic rings. The number of nitrogens with zero attached hydrogens (tertiary/aromatic N) is 3. The van der Waals surface area contributed by atoms with Crippen LogP contribution in [0.5, 0.6) is 5.75 Å². The molecule has 0 unspecified atom stereocenters. The van der Waals surface area contributed by atoms with Gasteiger partial charge in [0.05, 0.1) is 23.9 Å². The number of aromatic nitrogens is 2. The molecule has 0 radical (unpaired) electrons. The molecule has 6 heteroatoms. The first-order chi connectivity index (χ1) is 8.20. The monoisotopic (exact) mass is 231 g/mol. The van der Waals surface area contributed by atoms with E-state index in [1.165, 1.54) is 12.3 Å². The maximum atomic E-state index is 10.5. The quantitative estimate of drug-likeness (QED) is 0.596. The summed E-state index contributed by atoms with van der Waals surface area (Å²) in [7, 11) is 1.55. The Morgan fingerprint density at radius 1 is 1.29 bits per heavy atom. The zero-order valence-electron chi connectivity index (χ0n) is 9.03. The highest BCUT2D eigenvalue weighted by Gasteiger charge is 2.07. The second-order valence-electron chi connectivity index (χ2n) is 3.27. The van der Waals surface area contributed by atoms with Crippen molar-refractivity contribution >= 4 is 5.69 Å². The van der Waals surface area contributed by atoms with Crippen LogP contribution >= 0.6 is 0 Å². The minimum Gasteiger partial charge on any atom is -0.495 e. The first kappa shape index (κ1) is 11.0. The van der Waals surface area contributed by atoms with Crippen LogP contribution in [0.2, 0.25) is 0 Å². The van der Waals surface area contributed by atoms with Crippen LogP contribution in [0.1, 0.15) is 0 Å². The number of hydrogen-bond acceptors (Lipinski definition) is 5. The smallest absolute Gasteiger partial charge is 0.287 e. The molecule has 0 saturated heterocycles. The van der Waals surface area contributed by atoms with E-state index in [0.29, 0.717) is 11.4 Å². The summed E-state index contributed by atoms with van der Waals surface area (Å²) in [5.74, 6) is 0.614. The molecule has 0 aliphatic heterocycles. The van der Waals surface area contributed by atoms with Crippen molar-refractivity contribution in [3.63, 3.8) is 0 Å². The third kappa shape index (κ3) is 2.36. The van der Waals surface area contributed by atoms with E-state index < -0.39 is 4.92 Å². The van der Waals surface area contributed by atoms with Gasteiger partial charge in [-0.05, 0) is 12.1 Å². The summed E-state index contributed by atoms with van der Waals surface area (Å²) in [5.41, 5.74) is 1.32. The van der Waals surface area contributed by atoms with Crippen molar-refractivity contribution in [2.24, 2.45) is 0 Å². The molecule has 0 saturated carbocycles. The van der Waals surface area contributed by atoms with Gasteiger partial charge in [0.25, 0.3) is 5.69 Å². The van der Waals surface area contributed by atoms with Crippen molar-refractivity contribution in [3.8, 4) is 17.0 Å². The van der Waals surface area contributed by atoms with Crippen molar-refractivity contribution in [3.05, 3.63) is 46.9 Å². The number of rotatable bonds is 3. The van der Waals surface area contributed by atoms with Gasteiger partial charge in [0.2, 0.25) is 0 Å². The third-order valence-corrected chi connectivity index (χ3v) is 2.20. The van der Waals surface area contributed by atoms with E-state index in [0.717, 1.165) is 5.56 Å². The summed E-state index contributed by atoms with van der Waals surface area (Å²) in [5, 5.41) is 10.5. The van der Waals surface area contributed by atoms with Crippen LogP contribution in [0.4, 0.5) is 5.69 Å². The summed E-state index contributed by atoms with van der Waals surface area (Å²) in [6.45, 7) is 0. The van der Waals surface area contributed by atoms with E-state index in [9.17, 15) is 10.1 Å². The average molecular weight is 231 g/mol. The van der Waals surface area contributed by atoms with Crippen LogP contribution in [-0.4, -0.2) is 22.0 Å². The fourth-order valence-corrected chi connectivity index (χ4v) is 1.34. The Labute approximate surface area is 97.1 Å². The van der Waals surface area contributed by atoms with Gasteiger partial charge in [-0.1, -0.05) is 0 Å². The summed E-state index contributed by atoms with van der Waals surface area (Å²) in [4.78, 5) is 18.0. The lowest BCUT2D eigenvalue weighted by molar-refractivity contribution is -0.385. The zero-order chi connectivity index (χ0) is 12.3. The Balaban J connectivity index is 2.36. The molecule has 0 aliphatic rings. The van der Waals surface area contributed by atoms with Crippen LogP contribution < -0.4 is 4.74 Å². The SMILES string of the molecule is COc1cncc(-c2ccc([N+](=O)[O-])cn2)c1. The average Bonchev–Trinajstić information content (AvgIpc) is 2.39. The molecule has 17 heavy (non-hydrogen) atoms. The largest absolute Gasteiger partial charge is 0.495 e.